The molecule has 15 heavy (non-hydrogen) atoms. The molecule has 0 fully saturated rings. The predicted molar refractivity (Wildman–Crippen MR) is 57.3 cm³/mol. The molecule has 0 saturated heterocycles. The summed E-state index contributed by atoms with van der Waals surface area (Å²) in [6, 6.07) is 0. The zero-order chi connectivity index (χ0) is 11.4. The summed E-state index contributed by atoms with van der Waals surface area (Å²) in [5.41, 5.74) is 6.14. The number of hydrogen-bond acceptors (Lipinski definition) is 4. The van der Waals surface area contributed by atoms with E-state index in [0.717, 1.165) is 6.42 Å². The first kappa shape index (κ1) is 11.8. The standard InChI is InChI=1S/C10H18N4O/c1-7(2)4-8(5-11)10(15)9-6-12-13-14(9)3/h6-8H,4-5,11H2,1-3H3. The lowest BCUT2D eigenvalue weighted by molar-refractivity contribution is 0.0899. The van der Waals surface area contributed by atoms with Gasteiger partial charge < -0.3 is 5.73 Å². The maximum atomic E-state index is 12.0. The summed E-state index contributed by atoms with van der Waals surface area (Å²) in [5, 5.41) is 7.43. The number of carbonyl (C=O) groups is 1. The first-order chi connectivity index (χ1) is 7.06. The molecule has 84 valence electrons. The van der Waals surface area contributed by atoms with Gasteiger partial charge in [-0.25, -0.2) is 4.68 Å². The van der Waals surface area contributed by atoms with Crippen molar-refractivity contribution in [3.8, 4) is 0 Å². The number of aromatic nitrogens is 3. The first-order valence-corrected chi connectivity index (χ1v) is 5.15. The van der Waals surface area contributed by atoms with Gasteiger partial charge >= 0.3 is 0 Å². The highest BCUT2D eigenvalue weighted by Gasteiger charge is 2.22. The fourth-order valence-corrected chi connectivity index (χ4v) is 1.60. The zero-order valence-corrected chi connectivity index (χ0v) is 9.47. The molecular weight excluding hydrogens is 192 g/mol. The lowest BCUT2D eigenvalue weighted by Crippen LogP contribution is -2.26. The van der Waals surface area contributed by atoms with E-state index in [1.807, 2.05) is 0 Å². The second kappa shape index (κ2) is 5.02. The van der Waals surface area contributed by atoms with E-state index in [0.29, 0.717) is 18.2 Å². The summed E-state index contributed by atoms with van der Waals surface area (Å²) in [5.74, 6) is 0.379. The highest BCUT2D eigenvalue weighted by Crippen LogP contribution is 2.15. The van der Waals surface area contributed by atoms with Crippen LogP contribution in [-0.2, 0) is 7.05 Å². The third-order valence-corrected chi connectivity index (χ3v) is 2.38. The lowest BCUT2D eigenvalue weighted by Gasteiger charge is -2.15. The van der Waals surface area contributed by atoms with Gasteiger partial charge in [0.1, 0.15) is 5.69 Å². The molecule has 0 aliphatic carbocycles. The molecule has 1 rings (SSSR count). The Hall–Kier alpha value is -1.23. The van der Waals surface area contributed by atoms with E-state index in [2.05, 4.69) is 24.2 Å². The minimum absolute atomic E-state index is 0.0405. The number of Topliss-reactive ketones (excluding diaryl/α,β-unsaturated/α-hetero) is 1. The van der Waals surface area contributed by atoms with Crippen LogP contribution in [-0.4, -0.2) is 27.3 Å². The average Bonchev–Trinajstić information content (AvgIpc) is 2.59. The Labute approximate surface area is 89.6 Å². The minimum Gasteiger partial charge on any atom is -0.330 e. The molecule has 2 N–H and O–H groups in total. The first-order valence-electron chi connectivity index (χ1n) is 5.15. The molecule has 0 saturated carbocycles. The number of hydrogen-bond donors (Lipinski definition) is 1. The van der Waals surface area contributed by atoms with Gasteiger partial charge in [-0.2, -0.15) is 0 Å². The fourth-order valence-electron chi connectivity index (χ4n) is 1.60. The molecule has 1 unspecified atom stereocenters. The van der Waals surface area contributed by atoms with E-state index in [9.17, 15) is 4.79 Å². The molecule has 1 aromatic heterocycles. The van der Waals surface area contributed by atoms with E-state index in [1.54, 1.807) is 7.05 Å². The van der Waals surface area contributed by atoms with Gasteiger partial charge in [0.15, 0.2) is 5.78 Å². The Balaban J connectivity index is 2.78. The molecule has 1 aromatic rings. The van der Waals surface area contributed by atoms with Crippen molar-refractivity contribution in [1.82, 2.24) is 15.0 Å². The third kappa shape index (κ3) is 2.86. The van der Waals surface area contributed by atoms with Gasteiger partial charge in [-0.3, -0.25) is 4.79 Å². The molecule has 0 bridgehead atoms. The van der Waals surface area contributed by atoms with Crippen LogP contribution in [0.25, 0.3) is 0 Å². The van der Waals surface area contributed by atoms with E-state index in [-0.39, 0.29) is 11.7 Å². The number of aryl methyl sites for hydroxylation is 1. The smallest absolute Gasteiger partial charge is 0.186 e. The molecule has 0 spiro atoms. The largest absolute Gasteiger partial charge is 0.330 e. The number of nitrogens with two attached hydrogens (primary N) is 1. The highest BCUT2D eigenvalue weighted by molar-refractivity contribution is 5.96. The molecule has 0 aromatic carbocycles. The SMILES string of the molecule is CC(C)CC(CN)C(=O)c1cnnn1C. The Morgan fingerprint density at radius 2 is 2.27 bits per heavy atom. The van der Waals surface area contributed by atoms with Gasteiger partial charge in [0.2, 0.25) is 0 Å². The summed E-state index contributed by atoms with van der Waals surface area (Å²) in [7, 11) is 1.71. The van der Waals surface area contributed by atoms with E-state index in [1.165, 1.54) is 10.9 Å². The summed E-state index contributed by atoms with van der Waals surface area (Å²) >= 11 is 0. The van der Waals surface area contributed by atoms with Gasteiger partial charge in [-0.05, 0) is 12.3 Å². The van der Waals surface area contributed by atoms with Crippen molar-refractivity contribution >= 4 is 5.78 Å². The van der Waals surface area contributed by atoms with Crippen molar-refractivity contribution in [2.75, 3.05) is 6.54 Å². The summed E-state index contributed by atoms with van der Waals surface area (Å²) < 4.78 is 1.49. The Kier molecular flexibility index (Phi) is 3.96. The molecule has 5 nitrogen and oxygen atoms in total. The van der Waals surface area contributed by atoms with Crippen molar-refractivity contribution in [2.24, 2.45) is 24.6 Å². The summed E-state index contributed by atoms with van der Waals surface area (Å²) in [6.45, 7) is 4.54. The van der Waals surface area contributed by atoms with Crippen molar-refractivity contribution in [3.63, 3.8) is 0 Å². The molecule has 1 atom stereocenters. The van der Waals surface area contributed by atoms with E-state index in [4.69, 9.17) is 5.73 Å². The maximum absolute atomic E-state index is 12.0. The molecule has 1 heterocycles. The molecule has 0 aliphatic rings. The van der Waals surface area contributed by atoms with Crippen LogP contribution in [0.3, 0.4) is 0 Å². The number of rotatable bonds is 5. The zero-order valence-electron chi connectivity index (χ0n) is 9.47. The van der Waals surface area contributed by atoms with Crippen molar-refractivity contribution in [3.05, 3.63) is 11.9 Å². The second-order valence-corrected chi connectivity index (χ2v) is 4.17. The van der Waals surface area contributed by atoms with Gasteiger partial charge in [-0.15, -0.1) is 5.10 Å². The normalized spacial score (nSPS) is 13.1. The van der Waals surface area contributed by atoms with E-state index >= 15 is 0 Å². The van der Waals surface area contributed by atoms with Crippen LogP contribution in [0.15, 0.2) is 6.20 Å². The van der Waals surface area contributed by atoms with Gasteiger partial charge in [0.05, 0.1) is 6.20 Å². The fraction of sp³-hybridized carbons (Fsp3) is 0.700. The van der Waals surface area contributed by atoms with Gasteiger partial charge in [0.25, 0.3) is 0 Å². The molecule has 0 amide bonds. The number of ketones is 1. The Morgan fingerprint density at radius 1 is 1.60 bits per heavy atom. The second-order valence-electron chi connectivity index (χ2n) is 4.17. The molecule has 0 aliphatic heterocycles. The quantitative estimate of drug-likeness (QED) is 0.723. The maximum Gasteiger partial charge on any atom is 0.186 e. The van der Waals surface area contributed by atoms with Crippen LogP contribution in [0.4, 0.5) is 0 Å². The van der Waals surface area contributed by atoms with Crippen LogP contribution < -0.4 is 5.73 Å². The molecule has 5 heteroatoms. The van der Waals surface area contributed by atoms with Crippen LogP contribution in [0.1, 0.15) is 30.8 Å². The van der Waals surface area contributed by atoms with Crippen LogP contribution in [0.2, 0.25) is 0 Å². The van der Waals surface area contributed by atoms with E-state index < -0.39 is 0 Å². The van der Waals surface area contributed by atoms with Crippen molar-refractivity contribution in [1.29, 1.82) is 0 Å². The van der Waals surface area contributed by atoms with Crippen molar-refractivity contribution < 1.29 is 4.79 Å². The number of carbonyl (C=O) groups excluding carboxylic acids is 1. The molecular formula is C10H18N4O. The minimum atomic E-state index is -0.123. The summed E-state index contributed by atoms with van der Waals surface area (Å²) in [6.07, 6.45) is 2.30. The van der Waals surface area contributed by atoms with Crippen molar-refractivity contribution in [2.45, 2.75) is 20.3 Å². The van der Waals surface area contributed by atoms with Crippen LogP contribution >= 0.6 is 0 Å². The number of nitrogens with zero attached hydrogens (tertiary/aromatic N) is 3. The topological polar surface area (TPSA) is 73.8 Å². The summed E-state index contributed by atoms with van der Waals surface area (Å²) in [4.78, 5) is 12.0. The third-order valence-electron chi connectivity index (χ3n) is 2.38. The van der Waals surface area contributed by atoms with Crippen LogP contribution in [0, 0.1) is 11.8 Å². The molecule has 0 radical (unpaired) electrons. The predicted octanol–water partition coefficient (Wildman–Crippen LogP) is 0.619. The highest BCUT2D eigenvalue weighted by atomic mass is 16.1. The lowest BCUT2D eigenvalue weighted by atomic mass is 9.92. The van der Waals surface area contributed by atoms with Gasteiger partial charge in [-0.1, -0.05) is 19.1 Å². The van der Waals surface area contributed by atoms with Gasteiger partial charge in [0, 0.05) is 19.5 Å². The monoisotopic (exact) mass is 210 g/mol. The van der Waals surface area contributed by atoms with Crippen LogP contribution in [0.5, 0.6) is 0 Å². The average molecular weight is 210 g/mol. The Morgan fingerprint density at radius 3 is 2.67 bits per heavy atom. The Bertz CT molecular complexity index is 332.